The molecule has 12 nitrogen and oxygen atoms in total. The quantitative estimate of drug-likeness (QED) is 0.374. The summed E-state index contributed by atoms with van der Waals surface area (Å²) in [4.78, 5) is 33.2. The van der Waals surface area contributed by atoms with Gasteiger partial charge in [0.15, 0.2) is 5.03 Å². The third kappa shape index (κ3) is 6.25. The van der Waals surface area contributed by atoms with Crippen molar-refractivity contribution in [2.45, 2.75) is 58.7 Å². The Morgan fingerprint density at radius 1 is 1.10 bits per heavy atom. The number of rotatable bonds is 4. The van der Waals surface area contributed by atoms with Gasteiger partial charge in [-0.15, -0.1) is 0 Å². The topological polar surface area (TPSA) is 145 Å². The molecule has 1 amide bonds. The van der Waals surface area contributed by atoms with Gasteiger partial charge >= 0.3 is 0 Å². The summed E-state index contributed by atoms with van der Waals surface area (Å²) in [6.07, 6.45) is 5.29. The first-order valence-corrected chi connectivity index (χ1v) is 15.0. The van der Waals surface area contributed by atoms with E-state index in [1.807, 2.05) is 32.0 Å². The Kier molecular flexibility index (Phi) is 7.71. The Morgan fingerprint density at radius 3 is 2.50 bits per heavy atom. The highest BCUT2D eigenvalue weighted by Crippen LogP contribution is 2.31. The first-order valence-electron chi connectivity index (χ1n) is 13.5. The van der Waals surface area contributed by atoms with Crippen LogP contribution in [-0.4, -0.2) is 61.6 Å². The van der Waals surface area contributed by atoms with Crippen molar-refractivity contribution in [3.8, 4) is 17.1 Å². The van der Waals surface area contributed by atoms with E-state index in [-0.39, 0.29) is 41.1 Å². The molecule has 1 atom stereocenters. The van der Waals surface area contributed by atoms with Gasteiger partial charge in [-0.2, -0.15) is 18.5 Å². The van der Waals surface area contributed by atoms with Gasteiger partial charge in [0.2, 0.25) is 11.8 Å². The van der Waals surface area contributed by atoms with Gasteiger partial charge in [0, 0.05) is 37.1 Å². The number of hydrogen-bond acceptors (Lipinski definition) is 9. The Hall–Kier alpha value is -4.39. The third-order valence-corrected chi connectivity index (χ3v) is 8.14. The number of nitrogens with zero attached hydrogens (tertiary/aromatic N) is 7. The minimum Gasteiger partial charge on any atom is -0.475 e. The molecule has 1 aliphatic heterocycles. The highest BCUT2D eigenvalue weighted by Gasteiger charge is 2.34. The number of anilines is 1. The summed E-state index contributed by atoms with van der Waals surface area (Å²) in [6.45, 7) is 10.4. The van der Waals surface area contributed by atoms with Crippen LogP contribution >= 0.6 is 0 Å². The maximum atomic E-state index is 14.1. The van der Waals surface area contributed by atoms with Gasteiger partial charge in [-0.25, -0.2) is 9.71 Å². The summed E-state index contributed by atoms with van der Waals surface area (Å²) in [7, 11) is -2.72. The Balaban J connectivity index is 1.68. The van der Waals surface area contributed by atoms with E-state index in [1.165, 1.54) is 17.8 Å². The molecule has 3 aromatic heterocycles. The van der Waals surface area contributed by atoms with Crippen LogP contribution in [0.2, 0.25) is 0 Å². The molecule has 4 heterocycles. The number of benzene rings is 1. The average molecular weight is 591 g/mol. The average Bonchev–Trinajstić information content (AvgIpc) is 3.31. The maximum absolute atomic E-state index is 14.1. The number of sulfonamides is 1. The molecule has 0 spiro atoms. The smallest absolute Gasteiger partial charge is 0.283 e. The zero-order valence-electron chi connectivity index (χ0n) is 24.5. The second kappa shape index (κ2) is 11.1. The van der Waals surface area contributed by atoms with E-state index in [4.69, 9.17) is 4.74 Å². The van der Waals surface area contributed by atoms with Crippen molar-refractivity contribution in [2.24, 2.45) is 12.5 Å². The molecule has 0 fully saturated rings. The van der Waals surface area contributed by atoms with Crippen LogP contribution in [0.25, 0.3) is 11.3 Å². The molecule has 0 aliphatic carbocycles. The molecule has 1 aromatic carbocycles. The van der Waals surface area contributed by atoms with Gasteiger partial charge in [0.05, 0.1) is 30.2 Å². The number of carbonyl (C=O) groups excluding carboxylic acids is 1. The van der Waals surface area contributed by atoms with Crippen molar-refractivity contribution in [3.63, 3.8) is 0 Å². The minimum absolute atomic E-state index is 0.0867. The Labute approximate surface area is 245 Å². The minimum atomic E-state index is -4.25. The number of aromatic nitrogens is 6. The molecule has 4 bridgehead atoms. The summed E-state index contributed by atoms with van der Waals surface area (Å²) in [6, 6.07) is 8.38. The van der Waals surface area contributed by atoms with Crippen LogP contribution in [0, 0.1) is 19.3 Å². The molecule has 0 radical (unpaired) electrons. The van der Waals surface area contributed by atoms with E-state index in [0.717, 1.165) is 16.7 Å². The highest BCUT2D eigenvalue weighted by atomic mass is 32.2. The summed E-state index contributed by atoms with van der Waals surface area (Å²) in [5.41, 5.74) is 3.77. The fourth-order valence-corrected chi connectivity index (χ4v) is 6.02. The lowest BCUT2D eigenvalue weighted by atomic mass is 9.87. The Bertz CT molecular complexity index is 1710. The summed E-state index contributed by atoms with van der Waals surface area (Å²) < 4.78 is 36.9. The van der Waals surface area contributed by atoms with Gasteiger partial charge in [-0.1, -0.05) is 39.0 Å². The van der Waals surface area contributed by atoms with E-state index < -0.39 is 22.0 Å². The van der Waals surface area contributed by atoms with Crippen molar-refractivity contribution in [1.82, 2.24) is 34.6 Å². The summed E-state index contributed by atoms with van der Waals surface area (Å²) in [5.74, 6) is -0.402. The molecule has 1 N–H and O–H groups in total. The zero-order valence-corrected chi connectivity index (χ0v) is 25.3. The van der Waals surface area contributed by atoms with Crippen LogP contribution in [-0.2, 0) is 23.6 Å². The molecule has 4 aromatic rings. The normalized spacial score (nSPS) is 17.0. The van der Waals surface area contributed by atoms with E-state index in [0.29, 0.717) is 17.8 Å². The van der Waals surface area contributed by atoms with Crippen molar-refractivity contribution in [1.29, 1.82) is 0 Å². The van der Waals surface area contributed by atoms with Crippen LogP contribution in [0.1, 0.15) is 54.5 Å². The van der Waals surface area contributed by atoms with Crippen LogP contribution in [0.15, 0.2) is 53.9 Å². The number of amides is 1. The number of nitrogens with one attached hydrogen (secondary N) is 1. The molecular formula is C29H34N8O4S. The van der Waals surface area contributed by atoms with Gasteiger partial charge in [0.25, 0.3) is 15.9 Å². The first-order chi connectivity index (χ1) is 19.8. The van der Waals surface area contributed by atoms with Crippen LogP contribution in [0.5, 0.6) is 5.88 Å². The zero-order chi connectivity index (χ0) is 30.2. The molecule has 0 saturated carbocycles. The molecule has 0 unspecified atom stereocenters. The standard InChI is InChI=1S/C29H34N8O4S/c1-18-8-7-9-19(2)26(18)22-12-24-33-28(32-22)35-42(39,40)25-13-23(36(6)34-25)27(38)37(16-20-15-30-10-11-31-20)21(17-41-24)14-29(3,4)5/h7-13,15,21H,14,16-17H2,1-6H3,(H,32,33,35)/t21-/m1/s1. The van der Waals surface area contributed by atoms with Crippen LogP contribution in [0.3, 0.4) is 0 Å². The SMILES string of the molecule is Cc1cccc(C)c1-c1cc2nc(n1)NS(=O)(=O)c1cc(n(C)n1)C(=O)N(Cc1cnccn1)[C@H](CC(C)(C)C)CO2. The van der Waals surface area contributed by atoms with Crippen molar-refractivity contribution in [2.75, 3.05) is 11.3 Å². The molecular weight excluding hydrogens is 556 g/mol. The predicted octanol–water partition coefficient (Wildman–Crippen LogP) is 3.92. The maximum Gasteiger partial charge on any atom is 0.283 e. The lowest BCUT2D eigenvalue weighted by molar-refractivity contribution is 0.0498. The Morgan fingerprint density at radius 2 is 1.83 bits per heavy atom. The van der Waals surface area contributed by atoms with Crippen LogP contribution in [0.4, 0.5) is 5.95 Å². The van der Waals surface area contributed by atoms with E-state index >= 15 is 0 Å². The van der Waals surface area contributed by atoms with Crippen LogP contribution < -0.4 is 9.46 Å². The van der Waals surface area contributed by atoms with Gasteiger partial charge in [-0.05, 0) is 36.8 Å². The van der Waals surface area contributed by atoms with E-state index in [2.05, 4.69) is 50.5 Å². The van der Waals surface area contributed by atoms with Gasteiger partial charge in [-0.3, -0.25) is 19.4 Å². The lowest BCUT2D eigenvalue weighted by Gasteiger charge is -2.35. The van der Waals surface area contributed by atoms with Crippen molar-refractivity contribution < 1.29 is 17.9 Å². The van der Waals surface area contributed by atoms with Gasteiger partial charge in [0.1, 0.15) is 12.3 Å². The summed E-state index contributed by atoms with van der Waals surface area (Å²) in [5, 5.41) is 3.85. The molecule has 13 heteroatoms. The fraction of sp³-hybridized carbons (Fsp3) is 0.379. The number of hydrogen-bond donors (Lipinski definition) is 1. The lowest BCUT2D eigenvalue weighted by Crippen LogP contribution is -2.46. The fourth-order valence-electron chi connectivity index (χ4n) is 5.08. The number of fused-ring (bicyclic) bond motifs is 4. The molecule has 42 heavy (non-hydrogen) atoms. The third-order valence-electron chi connectivity index (χ3n) is 6.94. The monoisotopic (exact) mass is 590 g/mol. The van der Waals surface area contributed by atoms with E-state index in [1.54, 1.807) is 29.6 Å². The molecule has 1 aliphatic rings. The number of carbonyl (C=O) groups is 1. The first kappa shape index (κ1) is 29.1. The number of aryl methyl sites for hydroxylation is 3. The highest BCUT2D eigenvalue weighted by molar-refractivity contribution is 7.92. The second-order valence-corrected chi connectivity index (χ2v) is 13.3. The molecule has 5 rings (SSSR count). The predicted molar refractivity (Wildman–Crippen MR) is 156 cm³/mol. The summed E-state index contributed by atoms with van der Waals surface area (Å²) >= 11 is 0. The molecule has 220 valence electrons. The number of ether oxygens (including phenoxy) is 1. The van der Waals surface area contributed by atoms with Crippen molar-refractivity contribution in [3.05, 3.63) is 71.4 Å². The van der Waals surface area contributed by atoms with Crippen molar-refractivity contribution >= 4 is 21.9 Å². The second-order valence-electron chi connectivity index (χ2n) is 11.6. The van der Waals surface area contributed by atoms with Gasteiger partial charge < -0.3 is 9.64 Å². The largest absolute Gasteiger partial charge is 0.475 e. The van der Waals surface area contributed by atoms with E-state index in [9.17, 15) is 13.2 Å². The molecule has 0 saturated heterocycles.